The third-order valence-electron chi connectivity index (χ3n) is 5.02. The average molecular weight is 346 g/mol. The Morgan fingerprint density at radius 2 is 1.68 bits per heavy atom. The Kier molecular flexibility index (Phi) is 6.22. The highest BCUT2D eigenvalue weighted by atomic mass is 16.3. The summed E-state index contributed by atoms with van der Waals surface area (Å²) in [5.41, 5.74) is 5.59. The van der Waals surface area contributed by atoms with Gasteiger partial charge in [0.25, 0.3) is 5.91 Å². The molecule has 0 atom stereocenters. The van der Waals surface area contributed by atoms with Crippen LogP contribution >= 0.6 is 0 Å². The second-order valence-corrected chi connectivity index (χ2v) is 7.82. The fourth-order valence-corrected chi connectivity index (χ4v) is 3.33. The van der Waals surface area contributed by atoms with Crippen LogP contribution in [0.5, 0.6) is 0 Å². The van der Waals surface area contributed by atoms with E-state index in [2.05, 4.69) is 5.32 Å². The molecule has 5 nitrogen and oxygen atoms in total. The van der Waals surface area contributed by atoms with E-state index in [1.165, 1.54) is 0 Å². The zero-order chi connectivity index (χ0) is 18.5. The van der Waals surface area contributed by atoms with Crippen molar-refractivity contribution in [1.29, 1.82) is 0 Å². The van der Waals surface area contributed by atoms with Crippen molar-refractivity contribution in [3.63, 3.8) is 0 Å². The molecule has 1 saturated carbocycles. The predicted octanol–water partition coefficient (Wildman–Crippen LogP) is 2.70. The van der Waals surface area contributed by atoms with Gasteiger partial charge in [0, 0.05) is 5.56 Å². The van der Waals surface area contributed by atoms with Crippen molar-refractivity contribution in [3.8, 4) is 0 Å². The number of primary amides is 1. The summed E-state index contributed by atoms with van der Waals surface area (Å²) in [6.07, 6.45) is 6.56. The topological polar surface area (TPSA) is 92.4 Å². The van der Waals surface area contributed by atoms with E-state index in [1.807, 2.05) is 12.1 Å². The fourth-order valence-electron chi connectivity index (χ4n) is 3.33. The number of nitrogens with one attached hydrogen (secondary N) is 1. The number of benzene rings is 1. The monoisotopic (exact) mass is 346 g/mol. The van der Waals surface area contributed by atoms with Gasteiger partial charge in [-0.3, -0.25) is 9.59 Å². The maximum absolute atomic E-state index is 12.6. The van der Waals surface area contributed by atoms with Crippen LogP contribution in [0.3, 0.4) is 0 Å². The molecule has 2 amide bonds. The minimum atomic E-state index is -0.923. The first-order valence-corrected chi connectivity index (χ1v) is 9.16. The standard InChI is InChI=1S/C20H30N2O3/c1-19(2,25)14-11-15-7-9-16(10-8-15)17(23)22-20(18(21)24)12-5-3-4-6-13-20/h7-10,25H,3-6,11-14H2,1-2H3,(H2,21,24)(H,22,23). The molecule has 5 heteroatoms. The van der Waals surface area contributed by atoms with Crippen molar-refractivity contribution in [2.24, 2.45) is 5.73 Å². The largest absolute Gasteiger partial charge is 0.390 e. The Balaban J connectivity index is 2.05. The molecular weight excluding hydrogens is 316 g/mol. The molecule has 1 aliphatic rings. The molecule has 4 N–H and O–H groups in total. The van der Waals surface area contributed by atoms with Gasteiger partial charge in [-0.1, -0.05) is 37.8 Å². The molecule has 1 fully saturated rings. The smallest absolute Gasteiger partial charge is 0.252 e. The third kappa shape index (κ3) is 5.56. The fraction of sp³-hybridized carbons (Fsp3) is 0.600. The first-order chi connectivity index (χ1) is 11.7. The maximum atomic E-state index is 12.6. The van der Waals surface area contributed by atoms with E-state index in [0.29, 0.717) is 24.8 Å². The summed E-state index contributed by atoms with van der Waals surface area (Å²) >= 11 is 0. The van der Waals surface area contributed by atoms with Gasteiger partial charge in [0.05, 0.1) is 5.60 Å². The van der Waals surface area contributed by atoms with Gasteiger partial charge >= 0.3 is 0 Å². The molecule has 0 spiro atoms. The molecule has 0 unspecified atom stereocenters. The van der Waals surface area contributed by atoms with Crippen LogP contribution in [0.1, 0.15) is 74.7 Å². The van der Waals surface area contributed by atoms with Gasteiger partial charge in [-0.05, 0) is 57.2 Å². The van der Waals surface area contributed by atoms with Crippen LogP contribution in [0.2, 0.25) is 0 Å². The lowest BCUT2D eigenvalue weighted by molar-refractivity contribution is -0.124. The Morgan fingerprint density at radius 1 is 1.12 bits per heavy atom. The second-order valence-electron chi connectivity index (χ2n) is 7.82. The number of carbonyl (C=O) groups excluding carboxylic acids is 2. The van der Waals surface area contributed by atoms with Crippen molar-refractivity contribution in [2.75, 3.05) is 0 Å². The normalized spacial score (nSPS) is 17.6. The second kappa shape index (κ2) is 8.00. The summed E-state index contributed by atoms with van der Waals surface area (Å²) in [6.45, 7) is 3.57. The lowest BCUT2D eigenvalue weighted by Gasteiger charge is -2.30. The van der Waals surface area contributed by atoms with E-state index in [1.54, 1.807) is 26.0 Å². The summed E-state index contributed by atoms with van der Waals surface area (Å²) in [4.78, 5) is 24.6. The Labute approximate surface area is 150 Å². The van der Waals surface area contributed by atoms with E-state index >= 15 is 0 Å². The Hall–Kier alpha value is -1.88. The molecule has 0 bridgehead atoms. The van der Waals surface area contributed by atoms with Crippen LogP contribution in [0.25, 0.3) is 0 Å². The van der Waals surface area contributed by atoms with Crippen molar-refractivity contribution < 1.29 is 14.7 Å². The number of amides is 2. The molecule has 0 radical (unpaired) electrons. The van der Waals surface area contributed by atoms with E-state index < -0.39 is 17.0 Å². The molecule has 0 aromatic heterocycles. The van der Waals surface area contributed by atoms with Crippen molar-refractivity contribution in [3.05, 3.63) is 35.4 Å². The van der Waals surface area contributed by atoms with Gasteiger partial charge in [-0.2, -0.15) is 0 Å². The summed E-state index contributed by atoms with van der Waals surface area (Å²) in [6, 6.07) is 7.32. The van der Waals surface area contributed by atoms with Gasteiger partial charge in [-0.25, -0.2) is 0 Å². The number of hydrogen-bond acceptors (Lipinski definition) is 3. The maximum Gasteiger partial charge on any atom is 0.252 e. The van der Waals surface area contributed by atoms with Crippen LogP contribution in [-0.4, -0.2) is 28.1 Å². The van der Waals surface area contributed by atoms with Crippen LogP contribution < -0.4 is 11.1 Å². The molecule has 25 heavy (non-hydrogen) atoms. The van der Waals surface area contributed by atoms with Crippen molar-refractivity contribution in [1.82, 2.24) is 5.32 Å². The van der Waals surface area contributed by atoms with Crippen LogP contribution in [0.4, 0.5) is 0 Å². The molecule has 1 aliphatic carbocycles. The summed E-state index contributed by atoms with van der Waals surface area (Å²) in [5, 5.41) is 12.7. The van der Waals surface area contributed by atoms with E-state index in [0.717, 1.165) is 37.7 Å². The van der Waals surface area contributed by atoms with Gasteiger partial charge in [-0.15, -0.1) is 0 Å². The Bertz CT molecular complexity index is 594. The highest BCUT2D eigenvalue weighted by Gasteiger charge is 2.38. The van der Waals surface area contributed by atoms with Crippen LogP contribution in [-0.2, 0) is 11.2 Å². The lowest BCUT2D eigenvalue weighted by Crippen LogP contribution is -2.57. The number of hydrogen-bond donors (Lipinski definition) is 3. The highest BCUT2D eigenvalue weighted by molar-refractivity contribution is 5.98. The molecule has 1 aromatic carbocycles. The predicted molar refractivity (Wildman–Crippen MR) is 98.2 cm³/mol. The molecular formula is C20H30N2O3. The van der Waals surface area contributed by atoms with E-state index in [-0.39, 0.29) is 5.91 Å². The average Bonchev–Trinajstić information content (AvgIpc) is 2.79. The zero-order valence-corrected chi connectivity index (χ0v) is 15.3. The van der Waals surface area contributed by atoms with Crippen molar-refractivity contribution >= 4 is 11.8 Å². The van der Waals surface area contributed by atoms with Gasteiger partial charge in [0.2, 0.25) is 5.91 Å². The molecule has 0 saturated heterocycles. The molecule has 0 heterocycles. The molecule has 0 aliphatic heterocycles. The quantitative estimate of drug-likeness (QED) is 0.692. The van der Waals surface area contributed by atoms with Crippen molar-refractivity contribution in [2.45, 2.75) is 76.4 Å². The summed E-state index contributed by atoms with van der Waals surface area (Å²) < 4.78 is 0. The number of carbonyl (C=O) groups is 2. The van der Waals surface area contributed by atoms with E-state index in [9.17, 15) is 14.7 Å². The number of nitrogens with two attached hydrogens (primary N) is 1. The third-order valence-corrected chi connectivity index (χ3v) is 5.02. The highest BCUT2D eigenvalue weighted by Crippen LogP contribution is 2.27. The summed E-state index contributed by atoms with van der Waals surface area (Å²) in [7, 11) is 0. The van der Waals surface area contributed by atoms with Gasteiger partial charge in [0.15, 0.2) is 0 Å². The van der Waals surface area contributed by atoms with Gasteiger partial charge < -0.3 is 16.2 Å². The molecule has 138 valence electrons. The number of aliphatic hydroxyl groups is 1. The SMILES string of the molecule is CC(C)(O)CCc1ccc(C(=O)NC2(C(N)=O)CCCCCC2)cc1. The number of rotatable bonds is 6. The van der Waals surface area contributed by atoms with Gasteiger partial charge in [0.1, 0.15) is 5.54 Å². The first kappa shape index (κ1) is 19.4. The van der Waals surface area contributed by atoms with Crippen LogP contribution in [0, 0.1) is 0 Å². The van der Waals surface area contributed by atoms with Crippen LogP contribution in [0.15, 0.2) is 24.3 Å². The van der Waals surface area contributed by atoms with E-state index in [4.69, 9.17) is 5.73 Å². The molecule has 2 rings (SSSR count). The first-order valence-electron chi connectivity index (χ1n) is 9.16. The lowest BCUT2D eigenvalue weighted by atomic mass is 9.89. The minimum Gasteiger partial charge on any atom is -0.390 e. The molecule has 1 aromatic rings. The number of aryl methyl sites for hydroxylation is 1. The summed E-state index contributed by atoms with van der Waals surface area (Å²) in [5.74, 6) is -0.695. The zero-order valence-electron chi connectivity index (χ0n) is 15.3. The Morgan fingerprint density at radius 3 is 2.16 bits per heavy atom. The minimum absolute atomic E-state index is 0.255.